The van der Waals surface area contributed by atoms with Crippen LogP contribution in [0.15, 0.2) is 12.1 Å². The third-order valence-electron chi connectivity index (χ3n) is 4.05. The first-order chi connectivity index (χ1) is 8.89. The largest absolute Gasteiger partial charge is 0.310 e. The lowest BCUT2D eigenvalue weighted by Gasteiger charge is -2.34. The maximum Gasteiger partial charge on any atom is 0.0652 e. The highest BCUT2D eigenvalue weighted by Gasteiger charge is 2.26. The summed E-state index contributed by atoms with van der Waals surface area (Å²) < 4.78 is 0. The van der Waals surface area contributed by atoms with Gasteiger partial charge in [-0.05, 0) is 43.2 Å². The van der Waals surface area contributed by atoms with Crippen LogP contribution in [-0.4, -0.2) is 6.04 Å². The normalized spacial score (nSPS) is 19.6. The highest BCUT2D eigenvalue weighted by atomic mass is 35.5. The Morgan fingerprint density at radius 1 is 1.11 bits per heavy atom. The molecule has 4 heteroatoms. The van der Waals surface area contributed by atoms with E-state index in [2.05, 4.69) is 19.2 Å². The predicted molar refractivity (Wildman–Crippen MR) is 84.3 cm³/mol. The molecule has 2 rings (SSSR count). The van der Waals surface area contributed by atoms with Gasteiger partial charge in [0.15, 0.2) is 0 Å². The van der Waals surface area contributed by atoms with Gasteiger partial charge in [-0.25, -0.2) is 0 Å². The van der Waals surface area contributed by atoms with E-state index in [4.69, 9.17) is 34.8 Å². The average Bonchev–Trinajstić information content (AvgIpc) is 2.36. The first-order valence-electron chi connectivity index (χ1n) is 6.75. The maximum absolute atomic E-state index is 6.21. The van der Waals surface area contributed by atoms with E-state index < -0.39 is 0 Å². The van der Waals surface area contributed by atoms with E-state index in [1.54, 1.807) is 12.1 Å². The van der Waals surface area contributed by atoms with Crippen molar-refractivity contribution < 1.29 is 0 Å². The van der Waals surface area contributed by atoms with Gasteiger partial charge >= 0.3 is 0 Å². The fourth-order valence-corrected chi connectivity index (χ4v) is 3.26. The van der Waals surface area contributed by atoms with Crippen LogP contribution in [0.2, 0.25) is 15.1 Å². The Hall–Kier alpha value is 0.0500. The van der Waals surface area contributed by atoms with Gasteiger partial charge in [-0.2, -0.15) is 0 Å². The van der Waals surface area contributed by atoms with Gasteiger partial charge in [-0.3, -0.25) is 0 Å². The van der Waals surface area contributed by atoms with E-state index >= 15 is 0 Å². The Kier molecular flexibility index (Phi) is 5.05. The predicted octanol–water partition coefficient (Wildman–Crippen LogP) is 5.71. The number of rotatable bonds is 3. The zero-order valence-electron chi connectivity index (χ0n) is 11.4. The maximum atomic E-state index is 6.21. The number of halogens is 3. The molecule has 1 saturated carbocycles. The molecule has 0 radical (unpaired) electrons. The Morgan fingerprint density at radius 3 is 2.32 bits per heavy atom. The van der Waals surface area contributed by atoms with Crippen molar-refractivity contribution in [2.45, 2.75) is 52.1 Å². The molecule has 1 aromatic rings. The van der Waals surface area contributed by atoms with Crippen LogP contribution in [0.1, 0.15) is 45.1 Å². The summed E-state index contributed by atoms with van der Waals surface area (Å²) in [7, 11) is 0. The molecule has 1 fully saturated rings. The van der Waals surface area contributed by atoms with Crippen molar-refractivity contribution in [1.82, 2.24) is 5.32 Å². The lowest BCUT2D eigenvalue weighted by molar-refractivity contribution is 0.206. The molecular formula is C15H20Cl3N. The molecule has 0 spiro atoms. The fraction of sp³-hybridized carbons (Fsp3) is 0.600. The van der Waals surface area contributed by atoms with Gasteiger partial charge < -0.3 is 5.32 Å². The molecular weight excluding hydrogens is 301 g/mol. The first-order valence-corrected chi connectivity index (χ1v) is 7.88. The summed E-state index contributed by atoms with van der Waals surface area (Å²) in [6.07, 6.45) is 4.95. The van der Waals surface area contributed by atoms with Gasteiger partial charge in [0.1, 0.15) is 0 Å². The molecule has 0 aliphatic heterocycles. The highest BCUT2D eigenvalue weighted by Crippen LogP contribution is 2.36. The second-order valence-electron chi connectivity index (χ2n) is 6.14. The van der Waals surface area contributed by atoms with Crippen LogP contribution in [0.25, 0.3) is 0 Å². The summed E-state index contributed by atoms with van der Waals surface area (Å²) in [5, 5.41) is 5.37. The van der Waals surface area contributed by atoms with Crippen LogP contribution in [0.5, 0.6) is 0 Å². The van der Waals surface area contributed by atoms with Crippen molar-refractivity contribution in [1.29, 1.82) is 0 Å². The molecule has 0 heterocycles. The third kappa shape index (κ3) is 4.01. The molecule has 0 atom stereocenters. The number of benzene rings is 1. The monoisotopic (exact) mass is 319 g/mol. The minimum absolute atomic E-state index is 0.490. The number of hydrogen-bond donors (Lipinski definition) is 1. The molecule has 1 nitrogen and oxygen atoms in total. The van der Waals surface area contributed by atoms with E-state index in [-0.39, 0.29) is 0 Å². The quantitative estimate of drug-likeness (QED) is 0.704. The lowest BCUT2D eigenvalue weighted by Crippen LogP contribution is -2.35. The average molecular weight is 321 g/mol. The highest BCUT2D eigenvalue weighted by molar-refractivity contribution is 6.44. The summed E-state index contributed by atoms with van der Waals surface area (Å²) in [5.41, 5.74) is 1.39. The van der Waals surface area contributed by atoms with E-state index in [0.717, 1.165) is 5.56 Å². The van der Waals surface area contributed by atoms with Gasteiger partial charge in [-0.15, -0.1) is 0 Å². The number of hydrogen-bond acceptors (Lipinski definition) is 1. The summed E-state index contributed by atoms with van der Waals surface area (Å²) in [6, 6.07) is 4.09. The van der Waals surface area contributed by atoms with Crippen LogP contribution in [0, 0.1) is 5.41 Å². The Balaban J connectivity index is 1.95. The zero-order valence-corrected chi connectivity index (χ0v) is 13.7. The second kappa shape index (κ2) is 6.22. The summed E-state index contributed by atoms with van der Waals surface area (Å²) in [6.45, 7) is 5.37. The molecule has 1 aliphatic rings. The molecule has 106 valence electrons. The molecule has 0 bridgehead atoms. The topological polar surface area (TPSA) is 12.0 Å². The van der Waals surface area contributed by atoms with E-state index in [1.807, 2.05) is 0 Å². The molecule has 1 N–H and O–H groups in total. The Morgan fingerprint density at radius 2 is 1.68 bits per heavy atom. The molecule has 0 unspecified atom stereocenters. The zero-order chi connectivity index (χ0) is 14.0. The minimum atomic E-state index is 0.490. The summed E-state index contributed by atoms with van der Waals surface area (Å²) in [4.78, 5) is 0. The van der Waals surface area contributed by atoms with Gasteiger partial charge in [0.25, 0.3) is 0 Å². The van der Waals surface area contributed by atoms with Gasteiger partial charge in [0.2, 0.25) is 0 Å². The summed E-state index contributed by atoms with van der Waals surface area (Å²) >= 11 is 18.4. The number of nitrogens with one attached hydrogen (secondary N) is 1. The molecule has 0 aromatic heterocycles. The lowest BCUT2D eigenvalue weighted by atomic mass is 9.75. The smallest absolute Gasteiger partial charge is 0.0652 e. The second-order valence-corrected chi connectivity index (χ2v) is 7.33. The van der Waals surface area contributed by atoms with Crippen molar-refractivity contribution >= 4 is 34.8 Å². The van der Waals surface area contributed by atoms with Crippen molar-refractivity contribution in [2.75, 3.05) is 0 Å². The van der Waals surface area contributed by atoms with Crippen molar-refractivity contribution in [3.8, 4) is 0 Å². The molecule has 0 amide bonds. The van der Waals surface area contributed by atoms with Crippen molar-refractivity contribution in [3.05, 3.63) is 32.8 Å². The summed E-state index contributed by atoms with van der Waals surface area (Å²) in [5.74, 6) is 0. The Labute approximate surface area is 130 Å². The van der Waals surface area contributed by atoms with Gasteiger partial charge in [-0.1, -0.05) is 48.7 Å². The fourth-order valence-electron chi connectivity index (χ4n) is 2.58. The molecule has 19 heavy (non-hydrogen) atoms. The SMILES string of the molecule is CC1(C)CCC(NCc2c(Cl)ccc(Cl)c2Cl)CC1. The van der Waals surface area contributed by atoms with Crippen molar-refractivity contribution in [2.24, 2.45) is 5.41 Å². The van der Waals surface area contributed by atoms with Crippen LogP contribution in [0.4, 0.5) is 0 Å². The minimum Gasteiger partial charge on any atom is -0.310 e. The molecule has 0 saturated heterocycles. The van der Waals surface area contributed by atoms with Crippen LogP contribution < -0.4 is 5.32 Å². The van der Waals surface area contributed by atoms with Crippen LogP contribution in [0.3, 0.4) is 0 Å². The van der Waals surface area contributed by atoms with Gasteiger partial charge in [0, 0.05) is 23.2 Å². The molecule has 1 aromatic carbocycles. The van der Waals surface area contributed by atoms with E-state index in [1.165, 1.54) is 25.7 Å². The van der Waals surface area contributed by atoms with Gasteiger partial charge in [0.05, 0.1) is 10.0 Å². The van der Waals surface area contributed by atoms with Crippen LogP contribution >= 0.6 is 34.8 Å². The van der Waals surface area contributed by atoms with E-state index in [0.29, 0.717) is 33.1 Å². The third-order valence-corrected chi connectivity index (χ3v) is 5.24. The first kappa shape index (κ1) is 15.4. The Bertz CT molecular complexity index is 447. The molecule has 1 aliphatic carbocycles. The van der Waals surface area contributed by atoms with Crippen molar-refractivity contribution in [3.63, 3.8) is 0 Å². The van der Waals surface area contributed by atoms with Crippen LogP contribution in [-0.2, 0) is 6.54 Å². The van der Waals surface area contributed by atoms with E-state index in [9.17, 15) is 0 Å². The standard InChI is InChI=1S/C15H20Cl3N/c1-15(2)7-5-10(6-8-15)19-9-11-12(16)3-4-13(17)14(11)18/h3-4,10,19H,5-9H2,1-2H3.